The second kappa shape index (κ2) is 6.54. The van der Waals surface area contributed by atoms with E-state index < -0.39 is 17.3 Å². The van der Waals surface area contributed by atoms with Gasteiger partial charge in [0.2, 0.25) is 0 Å². The number of rotatable bonds is 4. The first-order valence-electron chi connectivity index (χ1n) is 7.24. The van der Waals surface area contributed by atoms with E-state index in [0.717, 1.165) is 10.9 Å². The second-order valence-corrected chi connectivity index (χ2v) is 5.27. The third kappa shape index (κ3) is 3.60. The molecule has 122 valence electrons. The van der Waals surface area contributed by atoms with Crippen LogP contribution in [-0.4, -0.2) is 12.5 Å². The number of hydrogen-bond donors (Lipinski definition) is 1. The molecule has 2 aromatic carbocycles. The summed E-state index contributed by atoms with van der Waals surface area (Å²) in [5, 5.41) is 3.19. The Bertz CT molecular complexity index is 965. The molecule has 0 radical (unpaired) electrons. The van der Waals surface area contributed by atoms with Crippen molar-refractivity contribution < 1.29 is 18.3 Å². The zero-order chi connectivity index (χ0) is 17.1. The van der Waals surface area contributed by atoms with E-state index in [1.807, 2.05) is 0 Å². The Hall–Kier alpha value is -3.15. The molecule has 0 aliphatic carbocycles. The predicted octanol–water partition coefficient (Wildman–Crippen LogP) is 3.26. The summed E-state index contributed by atoms with van der Waals surface area (Å²) in [5.41, 5.74) is 0.760. The summed E-state index contributed by atoms with van der Waals surface area (Å²) < 4.78 is 24.1. The molecule has 0 atom stereocenters. The number of nitrogens with one attached hydrogen (secondary N) is 1. The SMILES string of the molecule is Cc1ccc(NC(=O)COc2ccc3ccc(=O)oc3c2)c(F)c1. The number of aryl methyl sites for hydroxylation is 1. The van der Waals surface area contributed by atoms with Gasteiger partial charge in [-0.3, -0.25) is 4.79 Å². The van der Waals surface area contributed by atoms with Crippen molar-refractivity contribution in [1.82, 2.24) is 0 Å². The van der Waals surface area contributed by atoms with Crippen molar-refractivity contribution in [3.63, 3.8) is 0 Å². The lowest BCUT2D eigenvalue weighted by molar-refractivity contribution is -0.118. The van der Waals surface area contributed by atoms with E-state index in [2.05, 4.69) is 5.32 Å². The minimum atomic E-state index is -0.504. The van der Waals surface area contributed by atoms with Gasteiger partial charge in [0, 0.05) is 17.5 Å². The van der Waals surface area contributed by atoms with Gasteiger partial charge in [-0.2, -0.15) is 0 Å². The smallest absolute Gasteiger partial charge is 0.336 e. The number of halogens is 1. The third-order valence-electron chi connectivity index (χ3n) is 3.36. The summed E-state index contributed by atoms with van der Waals surface area (Å²) in [6, 6.07) is 12.4. The molecular weight excluding hydrogens is 313 g/mol. The van der Waals surface area contributed by atoms with Crippen molar-refractivity contribution in [3.05, 3.63) is 70.3 Å². The van der Waals surface area contributed by atoms with Gasteiger partial charge in [0.15, 0.2) is 6.61 Å². The largest absolute Gasteiger partial charge is 0.484 e. The molecule has 5 nitrogen and oxygen atoms in total. The van der Waals surface area contributed by atoms with Gasteiger partial charge in [0.05, 0.1) is 5.69 Å². The van der Waals surface area contributed by atoms with Crippen LogP contribution < -0.4 is 15.7 Å². The Morgan fingerprint density at radius 3 is 2.75 bits per heavy atom. The summed E-state index contributed by atoms with van der Waals surface area (Å²) in [5.74, 6) is -0.625. The van der Waals surface area contributed by atoms with Crippen molar-refractivity contribution in [3.8, 4) is 5.75 Å². The molecule has 6 heteroatoms. The molecular formula is C18H14FNO4. The van der Waals surface area contributed by atoms with E-state index in [1.54, 1.807) is 31.2 Å². The molecule has 0 spiro atoms. The standard InChI is InChI=1S/C18H14FNO4/c1-11-2-6-15(14(19)8-11)20-17(21)10-23-13-5-3-12-4-7-18(22)24-16(12)9-13/h2-9H,10H2,1H3,(H,20,21). The van der Waals surface area contributed by atoms with E-state index in [4.69, 9.17) is 9.15 Å². The molecule has 0 saturated heterocycles. The van der Waals surface area contributed by atoms with Gasteiger partial charge in [-0.05, 0) is 42.8 Å². The fourth-order valence-corrected chi connectivity index (χ4v) is 2.19. The van der Waals surface area contributed by atoms with E-state index in [9.17, 15) is 14.0 Å². The zero-order valence-corrected chi connectivity index (χ0v) is 12.8. The molecule has 3 aromatic rings. The number of benzene rings is 2. The van der Waals surface area contributed by atoms with Gasteiger partial charge >= 0.3 is 5.63 Å². The van der Waals surface area contributed by atoms with Gasteiger partial charge in [-0.1, -0.05) is 6.07 Å². The van der Waals surface area contributed by atoms with Crippen LogP contribution in [0, 0.1) is 12.7 Å². The maximum absolute atomic E-state index is 13.7. The molecule has 0 bridgehead atoms. The number of ether oxygens (including phenoxy) is 1. The molecule has 1 heterocycles. The van der Waals surface area contributed by atoms with Crippen molar-refractivity contribution in [2.24, 2.45) is 0 Å². The number of carbonyl (C=O) groups excluding carboxylic acids is 1. The van der Waals surface area contributed by atoms with Gasteiger partial charge in [0.1, 0.15) is 17.1 Å². The van der Waals surface area contributed by atoms with Crippen LogP contribution in [0.25, 0.3) is 11.0 Å². The molecule has 3 rings (SSSR count). The maximum Gasteiger partial charge on any atom is 0.336 e. The van der Waals surface area contributed by atoms with Crippen LogP contribution in [0.5, 0.6) is 5.75 Å². The average Bonchev–Trinajstić information content (AvgIpc) is 2.55. The van der Waals surface area contributed by atoms with E-state index >= 15 is 0 Å². The molecule has 1 amide bonds. The highest BCUT2D eigenvalue weighted by molar-refractivity contribution is 5.92. The van der Waals surface area contributed by atoms with Gasteiger partial charge in [-0.15, -0.1) is 0 Å². The Morgan fingerprint density at radius 1 is 1.17 bits per heavy atom. The average molecular weight is 327 g/mol. The Labute approximate surface area is 136 Å². The number of hydrogen-bond acceptors (Lipinski definition) is 4. The normalized spacial score (nSPS) is 10.6. The Kier molecular flexibility index (Phi) is 4.29. The summed E-state index contributed by atoms with van der Waals surface area (Å²) in [7, 11) is 0. The third-order valence-corrected chi connectivity index (χ3v) is 3.36. The van der Waals surface area contributed by atoms with Crippen molar-refractivity contribution in [2.45, 2.75) is 6.92 Å². The fourth-order valence-electron chi connectivity index (χ4n) is 2.19. The lowest BCUT2D eigenvalue weighted by Crippen LogP contribution is -2.20. The highest BCUT2D eigenvalue weighted by atomic mass is 19.1. The first-order valence-corrected chi connectivity index (χ1v) is 7.24. The van der Waals surface area contributed by atoms with Crippen LogP contribution >= 0.6 is 0 Å². The van der Waals surface area contributed by atoms with Crippen LogP contribution in [0.3, 0.4) is 0 Å². The highest BCUT2D eigenvalue weighted by Crippen LogP contribution is 2.20. The van der Waals surface area contributed by atoms with Crippen LogP contribution in [0.1, 0.15) is 5.56 Å². The lowest BCUT2D eigenvalue weighted by atomic mass is 10.2. The summed E-state index contributed by atoms with van der Waals surface area (Å²) in [6.07, 6.45) is 0. The molecule has 0 fully saturated rings. The molecule has 0 saturated carbocycles. The van der Waals surface area contributed by atoms with E-state index in [1.165, 1.54) is 24.3 Å². The molecule has 0 unspecified atom stereocenters. The molecule has 1 aromatic heterocycles. The molecule has 0 aliphatic heterocycles. The molecule has 1 N–H and O–H groups in total. The highest BCUT2D eigenvalue weighted by Gasteiger charge is 2.08. The van der Waals surface area contributed by atoms with Crippen LogP contribution in [0.4, 0.5) is 10.1 Å². The topological polar surface area (TPSA) is 68.5 Å². The minimum Gasteiger partial charge on any atom is -0.484 e. The van der Waals surface area contributed by atoms with E-state index in [0.29, 0.717) is 11.3 Å². The van der Waals surface area contributed by atoms with Gasteiger partial charge < -0.3 is 14.5 Å². The van der Waals surface area contributed by atoms with Crippen molar-refractivity contribution >= 4 is 22.6 Å². The lowest BCUT2D eigenvalue weighted by Gasteiger charge is -2.09. The first kappa shape index (κ1) is 15.7. The number of amides is 1. The van der Waals surface area contributed by atoms with Crippen LogP contribution in [0.15, 0.2) is 57.7 Å². The van der Waals surface area contributed by atoms with Crippen LogP contribution in [0.2, 0.25) is 0 Å². The number of fused-ring (bicyclic) bond motifs is 1. The number of anilines is 1. The maximum atomic E-state index is 13.7. The second-order valence-electron chi connectivity index (χ2n) is 5.27. The Morgan fingerprint density at radius 2 is 1.96 bits per heavy atom. The van der Waals surface area contributed by atoms with Gasteiger partial charge in [-0.25, -0.2) is 9.18 Å². The van der Waals surface area contributed by atoms with Crippen molar-refractivity contribution in [2.75, 3.05) is 11.9 Å². The van der Waals surface area contributed by atoms with E-state index in [-0.39, 0.29) is 12.3 Å². The Balaban J connectivity index is 1.66. The van der Waals surface area contributed by atoms with Gasteiger partial charge in [0.25, 0.3) is 5.91 Å². The predicted molar refractivity (Wildman–Crippen MR) is 87.7 cm³/mol. The summed E-state index contributed by atoms with van der Waals surface area (Å²) >= 11 is 0. The summed E-state index contributed by atoms with van der Waals surface area (Å²) in [6.45, 7) is 1.46. The molecule has 24 heavy (non-hydrogen) atoms. The first-order chi connectivity index (χ1) is 11.5. The molecule has 0 aliphatic rings. The summed E-state index contributed by atoms with van der Waals surface area (Å²) in [4.78, 5) is 23.1. The van der Waals surface area contributed by atoms with Crippen molar-refractivity contribution in [1.29, 1.82) is 0 Å². The monoisotopic (exact) mass is 327 g/mol. The minimum absolute atomic E-state index is 0.0960. The quantitative estimate of drug-likeness (QED) is 0.747. The fraction of sp³-hybridized carbons (Fsp3) is 0.111. The zero-order valence-electron chi connectivity index (χ0n) is 12.8. The van der Waals surface area contributed by atoms with Crippen LogP contribution in [-0.2, 0) is 4.79 Å². The number of carbonyl (C=O) groups is 1.